The van der Waals surface area contributed by atoms with E-state index in [-0.39, 0.29) is 11.6 Å². The van der Waals surface area contributed by atoms with Gasteiger partial charge < -0.3 is 20.1 Å². The number of aromatic nitrogens is 2. The number of hydrogen-bond donors (Lipinski definition) is 2. The van der Waals surface area contributed by atoms with Crippen molar-refractivity contribution in [2.45, 2.75) is 13.5 Å². The van der Waals surface area contributed by atoms with Crippen molar-refractivity contribution in [3.8, 4) is 22.8 Å². The molecule has 0 unspecified atom stereocenters. The van der Waals surface area contributed by atoms with Gasteiger partial charge in [0.1, 0.15) is 0 Å². The molecule has 26 heavy (non-hydrogen) atoms. The van der Waals surface area contributed by atoms with Crippen LogP contribution in [0.5, 0.6) is 11.6 Å². The summed E-state index contributed by atoms with van der Waals surface area (Å²) in [6.45, 7) is 2.54. The van der Waals surface area contributed by atoms with Crippen molar-refractivity contribution >= 4 is 27.5 Å². The first-order chi connectivity index (χ1) is 12.5. The summed E-state index contributed by atoms with van der Waals surface area (Å²) >= 11 is 0. The van der Waals surface area contributed by atoms with Gasteiger partial charge in [-0.25, -0.2) is 9.37 Å². The number of nitrogen functional groups attached to an aromatic ring is 1. The molecular weight excluding hydrogens is 333 g/mol. The fraction of sp³-hybridized carbons (Fsp3) is 0.150. The lowest BCUT2D eigenvalue weighted by molar-refractivity contribution is 0.386. The Morgan fingerprint density at radius 3 is 2.77 bits per heavy atom. The second-order valence-electron chi connectivity index (χ2n) is 6.08. The maximum atomic E-state index is 14.2. The number of nitrogens with zero attached hydrogens (tertiary/aromatic N) is 2. The van der Waals surface area contributed by atoms with Gasteiger partial charge in [-0.3, -0.25) is 0 Å². The van der Waals surface area contributed by atoms with Crippen molar-refractivity contribution in [3.63, 3.8) is 0 Å². The van der Waals surface area contributed by atoms with E-state index in [1.54, 1.807) is 22.9 Å². The van der Waals surface area contributed by atoms with Crippen molar-refractivity contribution < 1.29 is 14.2 Å². The third-order valence-corrected chi connectivity index (χ3v) is 4.66. The van der Waals surface area contributed by atoms with Crippen molar-refractivity contribution in [2.24, 2.45) is 0 Å². The van der Waals surface area contributed by atoms with E-state index < -0.39 is 5.82 Å². The maximum Gasteiger partial charge on any atom is 0.202 e. The van der Waals surface area contributed by atoms with Crippen molar-refractivity contribution in [1.29, 1.82) is 0 Å². The lowest BCUT2D eigenvalue weighted by Crippen LogP contribution is -1.94. The zero-order chi connectivity index (χ0) is 18.4. The summed E-state index contributed by atoms with van der Waals surface area (Å²) in [6.07, 6.45) is 1.77. The average molecular weight is 351 g/mol. The van der Waals surface area contributed by atoms with Gasteiger partial charge in [-0.15, -0.1) is 0 Å². The number of halogens is 1. The number of aryl methyl sites for hydroxylation is 1. The largest absolute Gasteiger partial charge is 0.494 e. The van der Waals surface area contributed by atoms with Crippen LogP contribution in [0, 0.1) is 5.82 Å². The van der Waals surface area contributed by atoms with Gasteiger partial charge in [-0.1, -0.05) is 24.3 Å². The molecule has 2 heterocycles. The monoisotopic (exact) mass is 351 g/mol. The van der Waals surface area contributed by atoms with Gasteiger partial charge in [-0.05, 0) is 24.6 Å². The molecule has 0 bridgehead atoms. The topological polar surface area (TPSA) is 73.3 Å². The smallest absolute Gasteiger partial charge is 0.202 e. The van der Waals surface area contributed by atoms with Crippen LogP contribution in [0.2, 0.25) is 0 Å². The molecular formula is C20H18FN3O2. The van der Waals surface area contributed by atoms with Crippen LogP contribution in [0.4, 0.5) is 10.1 Å². The second kappa shape index (κ2) is 5.91. The standard InChI is InChI=1S/C20H18FN3O2/c1-3-24-10-15-17(20(24)25)18(22)13-6-4-5-12(19(13)23-15)11-7-8-16(26-2)14(21)9-11/h4-10,25H,3,22H2,1-2H3. The van der Waals surface area contributed by atoms with Gasteiger partial charge in [0.15, 0.2) is 11.6 Å². The van der Waals surface area contributed by atoms with Crippen LogP contribution in [0.3, 0.4) is 0 Å². The Kier molecular flexibility index (Phi) is 3.68. The molecule has 0 fully saturated rings. The van der Waals surface area contributed by atoms with E-state index in [0.29, 0.717) is 34.2 Å². The van der Waals surface area contributed by atoms with Gasteiger partial charge in [0.25, 0.3) is 0 Å². The van der Waals surface area contributed by atoms with Crippen LogP contribution in [-0.2, 0) is 6.54 Å². The Balaban J connectivity index is 2.04. The molecule has 3 N–H and O–H groups in total. The molecule has 4 rings (SSSR count). The van der Waals surface area contributed by atoms with Crippen LogP contribution in [0.25, 0.3) is 32.9 Å². The molecule has 2 aromatic heterocycles. The molecule has 5 nitrogen and oxygen atoms in total. The van der Waals surface area contributed by atoms with E-state index in [9.17, 15) is 9.50 Å². The highest BCUT2D eigenvalue weighted by atomic mass is 19.1. The number of anilines is 1. The number of rotatable bonds is 3. The number of pyridine rings is 1. The number of benzene rings is 2. The van der Waals surface area contributed by atoms with E-state index >= 15 is 0 Å². The van der Waals surface area contributed by atoms with Crippen LogP contribution in [0.15, 0.2) is 42.6 Å². The summed E-state index contributed by atoms with van der Waals surface area (Å²) in [4.78, 5) is 4.70. The Labute approximate surface area is 149 Å². The van der Waals surface area contributed by atoms with Crippen molar-refractivity contribution in [2.75, 3.05) is 12.8 Å². The van der Waals surface area contributed by atoms with Crippen LogP contribution in [-0.4, -0.2) is 21.8 Å². The Hall–Kier alpha value is -3.28. The van der Waals surface area contributed by atoms with E-state index in [4.69, 9.17) is 15.5 Å². The number of methoxy groups -OCH3 is 1. The molecule has 0 aliphatic heterocycles. The lowest BCUT2D eigenvalue weighted by Gasteiger charge is -2.10. The number of fused-ring (bicyclic) bond motifs is 2. The van der Waals surface area contributed by atoms with Gasteiger partial charge in [0, 0.05) is 23.7 Å². The lowest BCUT2D eigenvalue weighted by atomic mass is 10.00. The number of hydrogen-bond acceptors (Lipinski definition) is 4. The summed E-state index contributed by atoms with van der Waals surface area (Å²) in [5.74, 6) is -0.144. The highest BCUT2D eigenvalue weighted by molar-refractivity contribution is 6.12. The molecule has 0 saturated heterocycles. The predicted molar refractivity (Wildman–Crippen MR) is 101 cm³/mol. The average Bonchev–Trinajstić information content (AvgIpc) is 2.97. The summed E-state index contributed by atoms with van der Waals surface area (Å²) < 4.78 is 20.8. The third kappa shape index (κ3) is 2.26. The van der Waals surface area contributed by atoms with Gasteiger partial charge >= 0.3 is 0 Å². The van der Waals surface area contributed by atoms with Crippen LogP contribution >= 0.6 is 0 Å². The predicted octanol–water partition coefficient (Wildman–Crippen LogP) is 4.31. The molecule has 0 aliphatic carbocycles. The number of para-hydroxylation sites is 1. The fourth-order valence-electron chi connectivity index (χ4n) is 3.32. The first-order valence-corrected chi connectivity index (χ1v) is 8.29. The molecule has 4 aromatic rings. The van der Waals surface area contributed by atoms with Crippen LogP contribution in [0.1, 0.15) is 6.92 Å². The number of ether oxygens (including phenoxy) is 1. The van der Waals surface area contributed by atoms with Gasteiger partial charge in [0.2, 0.25) is 5.88 Å². The normalized spacial score (nSPS) is 11.3. The molecule has 0 aliphatic rings. The molecule has 2 aromatic carbocycles. The summed E-state index contributed by atoms with van der Waals surface area (Å²) in [5.41, 5.74) is 9.52. The third-order valence-electron chi connectivity index (χ3n) is 4.66. The minimum atomic E-state index is -0.439. The molecule has 0 saturated carbocycles. The highest BCUT2D eigenvalue weighted by Gasteiger charge is 2.17. The second-order valence-corrected chi connectivity index (χ2v) is 6.08. The highest BCUT2D eigenvalue weighted by Crippen LogP contribution is 2.39. The molecule has 6 heteroatoms. The zero-order valence-corrected chi connectivity index (χ0v) is 14.5. The SMILES string of the molecule is CCn1cc2nc3c(-c4ccc(OC)c(F)c4)cccc3c(N)c2c1O. The van der Waals surface area contributed by atoms with E-state index in [1.165, 1.54) is 13.2 Å². The Morgan fingerprint density at radius 1 is 1.27 bits per heavy atom. The zero-order valence-electron chi connectivity index (χ0n) is 14.5. The van der Waals surface area contributed by atoms with Crippen molar-refractivity contribution in [3.05, 3.63) is 48.4 Å². The maximum absolute atomic E-state index is 14.2. The quantitative estimate of drug-likeness (QED) is 0.577. The molecule has 0 amide bonds. The first-order valence-electron chi connectivity index (χ1n) is 8.29. The fourth-order valence-corrected chi connectivity index (χ4v) is 3.32. The molecule has 0 atom stereocenters. The summed E-state index contributed by atoms with van der Waals surface area (Å²) in [7, 11) is 1.43. The minimum absolute atomic E-state index is 0.107. The Bertz CT molecular complexity index is 1150. The van der Waals surface area contributed by atoms with Crippen LogP contribution < -0.4 is 10.5 Å². The van der Waals surface area contributed by atoms with E-state index in [2.05, 4.69) is 0 Å². The van der Waals surface area contributed by atoms with Gasteiger partial charge in [-0.2, -0.15) is 0 Å². The minimum Gasteiger partial charge on any atom is -0.494 e. The summed E-state index contributed by atoms with van der Waals surface area (Å²) in [6, 6.07) is 10.4. The molecule has 0 spiro atoms. The van der Waals surface area contributed by atoms with Crippen molar-refractivity contribution in [1.82, 2.24) is 9.55 Å². The van der Waals surface area contributed by atoms with E-state index in [0.717, 1.165) is 10.9 Å². The molecule has 132 valence electrons. The molecule has 0 radical (unpaired) electrons. The van der Waals surface area contributed by atoms with Gasteiger partial charge in [0.05, 0.1) is 29.2 Å². The first kappa shape index (κ1) is 16.2. The number of aromatic hydroxyl groups is 1. The number of nitrogens with two attached hydrogens (primary N) is 1. The Morgan fingerprint density at radius 2 is 2.08 bits per heavy atom. The summed E-state index contributed by atoms with van der Waals surface area (Å²) in [5, 5.41) is 11.6. The van der Waals surface area contributed by atoms with E-state index in [1.807, 2.05) is 25.1 Å².